The van der Waals surface area contributed by atoms with Gasteiger partial charge in [-0.15, -0.1) is 0 Å². The summed E-state index contributed by atoms with van der Waals surface area (Å²) < 4.78 is 28.0. The molecule has 7 heteroatoms. The van der Waals surface area contributed by atoms with Crippen molar-refractivity contribution in [1.82, 2.24) is 0 Å². The highest BCUT2D eigenvalue weighted by molar-refractivity contribution is 7.80. The van der Waals surface area contributed by atoms with E-state index in [0.29, 0.717) is 22.1 Å². The molecule has 124 valence electrons. The molecule has 2 rings (SSSR count). The van der Waals surface area contributed by atoms with Crippen molar-refractivity contribution >= 4 is 11.1 Å². The average Bonchev–Trinajstić information content (AvgIpc) is 2.59. The van der Waals surface area contributed by atoms with Gasteiger partial charge in [-0.1, -0.05) is 0 Å². The predicted octanol–water partition coefficient (Wildman–Crippen LogP) is 1.53. The lowest BCUT2D eigenvalue weighted by atomic mass is 10.3. The molecule has 0 bridgehead atoms. The van der Waals surface area contributed by atoms with E-state index < -0.39 is 11.1 Å². The minimum atomic E-state index is -1.65. The van der Waals surface area contributed by atoms with Crippen LogP contribution in [0.4, 0.5) is 0 Å². The van der Waals surface area contributed by atoms with Crippen LogP contribution in [0.1, 0.15) is 0 Å². The summed E-state index contributed by atoms with van der Waals surface area (Å²) in [5, 5.41) is 17.4. The number of hydrogen-bond donors (Lipinski definition) is 2. The van der Waals surface area contributed by atoms with E-state index >= 15 is 0 Å². The van der Waals surface area contributed by atoms with Crippen LogP contribution >= 0.6 is 0 Å². The fourth-order valence-electron chi connectivity index (χ4n) is 1.70. The summed E-state index contributed by atoms with van der Waals surface area (Å²) in [6, 6.07) is 13.2. The smallest absolute Gasteiger partial charge is 0.240 e. The fraction of sp³-hybridized carbons (Fsp3) is 0.250. The molecular weight excluding hydrogens is 320 g/mol. The zero-order valence-corrected chi connectivity index (χ0v) is 13.2. The molecule has 0 spiro atoms. The summed E-state index contributed by atoms with van der Waals surface area (Å²) in [5.41, 5.74) is 0. The Kier molecular flexibility index (Phi) is 6.86. The number of aliphatic hydroxyl groups is 2. The van der Waals surface area contributed by atoms with Crippen LogP contribution in [0.25, 0.3) is 0 Å². The quantitative estimate of drug-likeness (QED) is 0.721. The highest BCUT2D eigenvalue weighted by Crippen LogP contribution is 2.21. The SMILES string of the molecule is O=S(Oc1ccc(OCCO)cc1)c1ccc(OCCO)cc1. The van der Waals surface area contributed by atoms with E-state index in [1.807, 2.05) is 0 Å². The number of hydrogen-bond acceptors (Lipinski definition) is 6. The molecule has 0 aliphatic carbocycles. The summed E-state index contributed by atoms with van der Waals surface area (Å²) in [6.45, 7) is 0.315. The van der Waals surface area contributed by atoms with Gasteiger partial charge in [0.2, 0.25) is 11.1 Å². The van der Waals surface area contributed by atoms with Crippen molar-refractivity contribution < 1.29 is 28.1 Å². The van der Waals surface area contributed by atoms with E-state index in [9.17, 15) is 4.21 Å². The molecule has 0 radical (unpaired) electrons. The standard InChI is InChI=1S/C16H18O6S/c17-9-11-20-13-1-3-15(4-2-13)22-23(19)16-7-5-14(6-8-16)21-12-10-18/h1-8,17-18H,9-12H2. The molecule has 6 nitrogen and oxygen atoms in total. The van der Waals surface area contributed by atoms with Crippen LogP contribution in [0.5, 0.6) is 17.2 Å². The third-order valence-corrected chi connectivity index (χ3v) is 3.73. The molecule has 1 atom stereocenters. The fourth-order valence-corrected chi connectivity index (χ4v) is 2.44. The molecule has 2 N–H and O–H groups in total. The van der Waals surface area contributed by atoms with Gasteiger partial charge in [0.05, 0.1) is 18.1 Å². The highest BCUT2D eigenvalue weighted by Gasteiger charge is 2.07. The van der Waals surface area contributed by atoms with Crippen LogP contribution in [0, 0.1) is 0 Å². The van der Waals surface area contributed by atoms with Crippen LogP contribution in [0.2, 0.25) is 0 Å². The van der Waals surface area contributed by atoms with Crippen molar-refractivity contribution in [2.75, 3.05) is 26.4 Å². The normalized spacial score (nSPS) is 11.7. The maximum Gasteiger partial charge on any atom is 0.240 e. The monoisotopic (exact) mass is 338 g/mol. The Bertz CT molecular complexity index is 611. The van der Waals surface area contributed by atoms with E-state index in [1.165, 1.54) is 0 Å². The topological polar surface area (TPSA) is 85.2 Å². The summed E-state index contributed by atoms with van der Waals surface area (Å²) in [6.07, 6.45) is 0. The number of aliphatic hydroxyl groups excluding tert-OH is 2. The Morgan fingerprint density at radius 2 is 1.17 bits per heavy atom. The molecule has 0 aliphatic heterocycles. The predicted molar refractivity (Wildman–Crippen MR) is 85.1 cm³/mol. The third kappa shape index (κ3) is 5.55. The average molecular weight is 338 g/mol. The summed E-state index contributed by atoms with van der Waals surface area (Å²) in [4.78, 5) is 0.502. The van der Waals surface area contributed by atoms with E-state index in [-0.39, 0.29) is 26.4 Å². The first-order chi connectivity index (χ1) is 11.2. The third-order valence-electron chi connectivity index (χ3n) is 2.73. The van der Waals surface area contributed by atoms with Gasteiger partial charge in [0.1, 0.15) is 30.5 Å². The summed E-state index contributed by atoms with van der Waals surface area (Å²) >= 11 is -1.65. The van der Waals surface area contributed by atoms with E-state index in [1.54, 1.807) is 48.5 Å². The van der Waals surface area contributed by atoms with Crippen molar-refractivity contribution in [2.24, 2.45) is 0 Å². The Balaban J connectivity index is 1.93. The molecule has 1 unspecified atom stereocenters. The summed E-state index contributed by atoms with van der Waals surface area (Å²) in [5.74, 6) is 1.63. The van der Waals surface area contributed by atoms with Crippen LogP contribution in [-0.2, 0) is 11.1 Å². The van der Waals surface area contributed by atoms with Crippen LogP contribution in [-0.4, -0.2) is 40.8 Å². The minimum absolute atomic E-state index is 0.0553. The first kappa shape index (κ1) is 17.3. The Morgan fingerprint density at radius 3 is 1.65 bits per heavy atom. The van der Waals surface area contributed by atoms with Gasteiger partial charge in [-0.05, 0) is 48.5 Å². The molecule has 0 fully saturated rings. The second-order valence-electron chi connectivity index (χ2n) is 4.40. The van der Waals surface area contributed by atoms with Crippen LogP contribution in [0.3, 0.4) is 0 Å². The van der Waals surface area contributed by atoms with Crippen molar-refractivity contribution in [1.29, 1.82) is 0 Å². The lowest BCUT2D eigenvalue weighted by Gasteiger charge is -2.08. The zero-order chi connectivity index (χ0) is 16.5. The van der Waals surface area contributed by atoms with Gasteiger partial charge in [0.25, 0.3) is 0 Å². The molecule has 0 amide bonds. The molecule has 0 heterocycles. The van der Waals surface area contributed by atoms with Crippen LogP contribution < -0.4 is 13.7 Å². The molecule has 0 aromatic heterocycles. The van der Waals surface area contributed by atoms with Gasteiger partial charge in [0, 0.05) is 0 Å². The lowest BCUT2D eigenvalue weighted by molar-refractivity contribution is 0.201. The first-order valence-electron chi connectivity index (χ1n) is 7.00. The molecule has 2 aromatic rings. The van der Waals surface area contributed by atoms with E-state index in [0.717, 1.165) is 0 Å². The number of benzene rings is 2. The second kappa shape index (κ2) is 9.14. The zero-order valence-electron chi connectivity index (χ0n) is 12.4. The molecule has 23 heavy (non-hydrogen) atoms. The minimum Gasteiger partial charge on any atom is -0.491 e. The molecule has 2 aromatic carbocycles. The van der Waals surface area contributed by atoms with Crippen molar-refractivity contribution in [2.45, 2.75) is 4.90 Å². The van der Waals surface area contributed by atoms with E-state index in [4.69, 9.17) is 23.9 Å². The second-order valence-corrected chi connectivity index (χ2v) is 5.51. The summed E-state index contributed by atoms with van der Waals surface area (Å²) in [7, 11) is 0. The van der Waals surface area contributed by atoms with Gasteiger partial charge in [-0.3, -0.25) is 0 Å². The van der Waals surface area contributed by atoms with Gasteiger partial charge >= 0.3 is 0 Å². The number of rotatable bonds is 9. The van der Waals surface area contributed by atoms with Crippen molar-refractivity contribution in [3.8, 4) is 17.2 Å². The van der Waals surface area contributed by atoms with Gasteiger partial charge in [-0.2, -0.15) is 0 Å². The van der Waals surface area contributed by atoms with Gasteiger partial charge < -0.3 is 23.9 Å². The lowest BCUT2D eigenvalue weighted by Crippen LogP contribution is -2.03. The molecular formula is C16H18O6S. The largest absolute Gasteiger partial charge is 0.491 e. The Hall–Kier alpha value is -2.09. The highest BCUT2D eigenvalue weighted by atomic mass is 32.2. The van der Waals surface area contributed by atoms with Crippen molar-refractivity contribution in [3.05, 3.63) is 48.5 Å². The Labute approximate surface area is 136 Å². The molecule has 0 saturated carbocycles. The van der Waals surface area contributed by atoms with Crippen molar-refractivity contribution in [3.63, 3.8) is 0 Å². The van der Waals surface area contributed by atoms with Gasteiger partial charge in [-0.25, -0.2) is 4.21 Å². The maximum atomic E-state index is 12.1. The maximum absolute atomic E-state index is 12.1. The van der Waals surface area contributed by atoms with Gasteiger partial charge in [0.15, 0.2) is 0 Å². The van der Waals surface area contributed by atoms with Crippen LogP contribution in [0.15, 0.2) is 53.4 Å². The molecule has 0 aliphatic rings. The molecule has 0 saturated heterocycles. The Morgan fingerprint density at radius 1 is 0.739 bits per heavy atom. The van der Waals surface area contributed by atoms with E-state index in [2.05, 4.69) is 0 Å². The first-order valence-corrected chi connectivity index (χ1v) is 8.08. The number of ether oxygens (including phenoxy) is 2.